The molecule has 8 nitrogen and oxygen atoms in total. The van der Waals surface area contributed by atoms with E-state index in [9.17, 15) is 14.9 Å². The van der Waals surface area contributed by atoms with Gasteiger partial charge in [-0.25, -0.2) is 0 Å². The van der Waals surface area contributed by atoms with Crippen molar-refractivity contribution in [2.75, 3.05) is 5.32 Å². The van der Waals surface area contributed by atoms with Gasteiger partial charge in [0.1, 0.15) is 10.7 Å². The molecule has 0 radical (unpaired) electrons. The molecule has 0 aliphatic carbocycles. The summed E-state index contributed by atoms with van der Waals surface area (Å²) in [6.07, 6.45) is 5.83. The van der Waals surface area contributed by atoms with Crippen LogP contribution in [0.3, 0.4) is 0 Å². The largest absolute Gasteiger partial charge is 0.433 e. The molecule has 0 aliphatic rings. The smallest absolute Gasteiger partial charge is 0.401 e. The van der Waals surface area contributed by atoms with Gasteiger partial charge in [0, 0.05) is 11.8 Å². The molecule has 2 aromatic rings. The van der Waals surface area contributed by atoms with Crippen molar-refractivity contribution in [3.8, 4) is 0 Å². The Labute approximate surface area is 161 Å². The Balaban J connectivity index is 1.76. The lowest BCUT2D eigenvalue weighted by Gasteiger charge is -2.11. The summed E-state index contributed by atoms with van der Waals surface area (Å²) < 4.78 is 4.91. The zero-order chi connectivity index (χ0) is 19.6. The fourth-order valence-electron chi connectivity index (χ4n) is 2.15. The standard InChI is InChI=1S/C18H20N4O4S/c1-2-3-4-13-5-7-14(8-6-13)19-18(27)21-20-16(23)11-9-15-10-12-17(26-15)22(24)25/h5-12H,2-4H2,1H3,(H,20,23)(H2,19,21,27)/b11-9+. The lowest BCUT2D eigenvalue weighted by molar-refractivity contribution is -0.402. The summed E-state index contributed by atoms with van der Waals surface area (Å²) in [6.45, 7) is 2.15. The molecule has 1 aromatic heterocycles. The van der Waals surface area contributed by atoms with Gasteiger partial charge < -0.3 is 9.73 Å². The molecule has 0 atom stereocenters. The number of aryl methyl sites for hydroxylation is 1. The number of benzene rings is 1. The second-order valence-corrected chi connectivity index (χ2v) is 6.04. The summed E-state index contributed by atoms with van der Waals surface area (Å²) in [5, 5.41) is 13.7. The van der Waals surface area contributed by atoms with Gasteiger partial charge in [0.05, 0.1) is 6.07 Å². The van der Waals surface area contributed by atoms with Crippen molar-refractivity contribution < 1.29 is 14.1 Å². The van der Waals surface area contributed by atoms with Crippen molar-refractivity contribution in [3.63, 3.8) is 0 Å². The van der Waals surface area contributed by atoms with Gasteiger partial charge >= 0.3 is 5.88 Å². The number of thiocarbonyl (C=S) groups is 1. The van der Waals surface area contributed by atoms with Gasteiger partial charge in [-0.15, -0.1) is 0 Å². The summed E-state index contributed by atoms with van der Waals surface area (Å²) in [6, 6.07) is 10.5. The predicted molar refractivity (Wildman–Crippen MR) is 107 cm³/mol. The molecule has 0 aliphatic heterocycles. The number of carbonyl (C=O) groups is 1. The first-order chi connectivity index (χ1) is 13.0. The minimum atomic E-state index is -0.653. The quantitative estimate of drug-likeness (QED) is 0.288. The number of nitro groups is 1. The lowest BCUT2D eigenvalue weighted by atomic mass is 10.1. The van der Waals surface area contributed by atoms with Gasteiger partial charge in [0.2, 0.25) is 0 Å². The summed E-state index contributed by atoms with van der Waals surface area (Å²) >= 11 is 5.11. The van der Waals surface area contributed by atoms with E-state index in [0.717, 1.165) is 24.9 Å². The zero-order valence-electron chi connectivity index (χ0n) is 14.7. The Kier molecular flexibility index (Phi) is 7.50. The first-order valence-corrected chi connectivity index (χ1v) is 8.77. The van der Waals surface area contributed by atoms with E-state index in [1.165, 1.54) is 29.8 Å². The molecule has 1 aromatic carbocycles. The first kappa shape index (κ1) is 20.1. The Morgan fingerprint density at radius 3 is 2.59 bits per heavy atom. The van der Waals surface area contributed by atoms with Gasteiger partial charge in [-0.3, -0.25) is 25.8 Å². The number of nitrogens with zero attached hydrogens (tertiary/aromatic N) is 1. The van der Waals surface area contributed by atoms with Gasteiger partial charge in [0.25, 0.3) is 5.91 Å². The highest BCUT2D eigenvalue weighted by Crippen LogP contribution is 2.16. The highest BCUT2D eigenvalue weighted by molar-refractivity contribution is 7.80. The molecule has 142 valence electrons. The molecular formula is C18H20N4O4S. The third-order valence-corrected chi connectivity index (χ3v) is 3.73. The third-order valence-electron chi connectivity index (χ3n) is 3.52. The van der Waals surface area contributed by atoms with E-state index in [-0.39, 0.29) is 16.8 Å². The Bertz CT molecular complexity index is 830. The molecule has 0 spiro atoms. The summed E-state index contributed by atoms with van der Waals surface area (Å²) in [7, 11) is 0. The Morgan fingerprint density at radius 2 is 1.96 bits per heavy atom. The van der Waals surface area contributed by atoms with E-state index < -0.39 is 10.8 Å². The van der Waals surface area contributed by atoms with Crippen LogP contribution in [0.2, 0.25) is 0 Å². The molecule has 0 bridgehead atoms. The lowest BCUT2D eigenvalue weighted by Crippen LogP contribution is -2.43. The van der Waals surface area contributed by atoms with Crippen molar-refractivity contribution in [1.82, 2.24) is 10.9 Å². The number of hydrogen-bond donors (Lipinski definition) is 3. The SMILES string of the molecule is CCCCc1ccc(NC(=S)NNC(=O)/C=C/c2ccc([N+](=O)[O-])o2)cc1. The van der Waals surface area contributed by atoms with Crippen molar-refractivity contribution in [2.24, 2.45) is 0 Å². The van der Waals surface area contributed by atoms with Crippen molar-refractivity contribution >= 4 is 40.9 Å². The van der Waals surface area contributed by atoms with Crippen LogP contribution in [0.1, 0.15) is 31.1 Å². The van der Waals surface area contributed by atoms with Crippen LogP contribution in [0.4, 0.5) is 11.6 Å². The molecule has 0 unspecified atom stereocenters. The fraction of sp³-hybridized carbons (Fsp3) is 0.222. The second kappa shape index (κ2) is 10.1. The molecule has 1 amide bonds. The van der Waals surface area contributed by atoms with Crippen LogP contribution in [0.5, 0.6) is 0 Å². The van der Waals surface area contributed by atoms with Gasteiger partial charge in [-0.2, -0.15) is 0 Å². The monoisotopic (exact) mass is 388 g/mol. The Hall–Kier alpha value is -3.20. The van der Waals surface area contributed by atoms with Gasteiger partial charge in [-0.05, 0) is 54.9 Å². The normalized spacial score (nSPS) is 10.6. The number of amides is 1. The molecule has 1 heterocycles. The predicted octanol–water partition coefficient (Wildman–Crippen LogP) is 3.56. The zero-order valence-corrected chi connectivity index (χ0v) is 15.5. The maximum atomic E-state index is 11.7. The second-order valence-electron chi connectivity index (χ2n) is 5.64. The number of furan rings is 1. The number of rotatable bonds is 7. The minimum absolute atomic E-state index is 0.195. The third kappa shape index (κ3) is 6.90. The van der Waals surface area contributed by atoms with Crippen LogP contribution in [0.15, 0.2) is 46.9 Å². The molecule has 2 rings (SSSR count). The summed E-state index contributed by atoms with van der Waals surface area (Å²) in [5.41, 5.74) is 7.02. The van der Waals surface area contributed by atoms with Crippen molar-refractivity contribution in [3.05, 3.63) is 63.9 Å². The molecule has 27 heavy (non-hydrogen) atoms. The topological polar surface area (TPSA) is 109 Å². The summed E-state index contributed by atoms with van der Waals surface area (Å²) in [4.78, 5) is 21.6. The summed E-state index contributed by atoms with van der Waals surface area (Å²) in [5.74, 6) is -0.687. The van der Waals surface area contributed by atoms with Crippen molar-refractivity contribution in [2.45, 2.75) is 26.2 Å². The number of nitrogens with one attached hydrogen (secondary N) is 3. The highest BCUT2D eigenvalue weighted by atomic mass is 32.1. The molecule has 0 saturated heterocycles. The number of hydrazine groups is 1. The molecular weight excluding hydrogens is 368 g/mol. The van der Waals surface area contributed by atoms with E-state index >= 15 is 0 Å². The average molecular weight is 388 g/mol. The maximum Gasteiger partial charge on any atom is 0.433 e. The van der Waals surface area contributed by atoms with E-state index in [2.05, 4.69) is 23.1 Å². The average Bonchev–Trinajstić information content (AvgIpc) is 3.13. The van der Waals surface area contributed by atoms with Crippen LogP contribution in [-0.4, -0.2) is 15.9 Å². The molecule has 0 saturated carbocycles. The minimum Gasteiger partial charge on any atom is -0.401 e. The highest BCUT2D eigenvalue weighted by Gasteiger charge is 2.10. The van der Waals surface area contributed by atoms with E-state index in [0.29, 0.717) is 0 Å². The van der Waals surface area contributed by atoms with Crippen LogP contribution < -0.4 is 16.2 Å². The number of unbranched alkanes of at least 4 members (excludes halogenated alkanes) is 1. The molecule has 3 N–H and O–H groups in total. The van der Waals surface area contributed by atoms with E-state index in [1.54, 1.807) is 0 Å². The van der Waals surface area contributed by atoms with Gasteiger partial charge in [0.15, 0.2) is 5.11 Å². The molecule has 0 fully saturated rings. The van der Waals surface area contributed by atoms with E-state index in [1.807, 2.05) is 24.3 Å². The Morgan fingerprint density at radius 1 is 1.22 bits per heavy atom. The van der Waals surface area contributed by atoms with Gasteiger partial charge in [-0.1, -0.05) is 25.5 Å². The van der Waals surface area contributed by atoms with Crippen molar-refractivity contribution in [1.29, 1.82) is 0 Å². The number of hydrogen-bond acceptors (Lipinski definition) is 5. The molecule has 9 heteroatoms. The van der Waals surface area contributed by atoms with Crippen LogP contribution >= 0.6 is 12.2 Å². The first-order valence-electron chi connectivity index (χ1n) is 8.36. The van der Waals surface area contributed by atoms with E-state index in [4.69, 9.17) is 16.6 Å². The van der Waals surface area contributed by atoms with Crippen LogP contribution in [0.25, 0.3) is 6.08 Å². The van der Waals surface area contributed by atoms with Crippen LogP contribution in [0, 0.1) is 10.1 Å². The van der Waals surface area contributed by atoms with Crippen LogP contribution in [-0.2, 0) is 11.2 Å². The maximum absolute atomic E-state index is 11.7. The fourth-order valence-corrected chi connectivity index (χ4v) is 2.31. The number of carbonyl (C=O) groups excluding carboxylic acids is 1. The number of anilines is 1.